The van der Waals surface area contributed by atoms with Crippen molar-refractivity contribution in [3.63, 3.8) is 0 Å². The molecule has 0 saturated heterocycles. The quantitative estimate of drug-likeness (QED) is 0.920. The predicted octanol–water partition coefficient (Wildman–Crippen LogP) is 4.19. The van der Waals surface area contributed by atoms with Crippen molar-refractivity contribution < 1.29 is 14.2 Å². The summed E-state index contributed by atoms with van der Waals surface area (Å²) in [7, 11) is 1.55. The maximum atomic E-state index is 13.5. The molecule has 4 heteroatoms. The van der Waals surface area contributed by atoms with Crippen molar-refractivity contribution in [2.75, 3.05) is 7.11 Å². The highest BCUT2D eigenvalue weighted by atomic mass is 35.5. The van der Waals surface area contributed by atoms with Crippen molar-refractivity contribution in [3.8, 4) is 5.75 Å². The minimum atomic E-state index is -0.961. The number of aryl methyl sites for hydroxylation is 2. The average molecular weight is 295 g/mol. The molecule has 0 aromatic heterocycles. The van der Waals surface area contributed by atoms with E-state index in [1.165, 1.54) is 12.1 Å². The van der Waals surface area contributed by atoms with Crippen LogP contribution in [0.4, 0.5) is 4.39 Å². The zero-order valence-corrected chi connectivity index (χ0v) is 12.3. The monoisotopic (exact) mass is 294 g/mol. The third-order valence-corrected chi connectivity index (χ3v) is 3.55. The van der Waals surface area contributed by atoms with Gasteiger partial charge in [-0.2, -0.15) is 0 Å². The smallest absolute Gasteiger partial charge is 0.142 e. The lowest BCUT2D eigenvalue weighted by Gasteiger charge is -2.19. The summed E-state index contributed by atoms with van der Waals surface area (Å²) in [4.78, 5) is 0. The molecule has 0 aliphatic rings. The van der Waals surface area contributed by atoms with E-state index in [-0.39, 0.29) is 5.02 Å². The van der Waals surface area contributed by atoms with Gasteiger partial charge in [0.25, 0.3) is 0 Å². The molecule has 0 bridgehead atoms. The fourth-order valence-electron chi connectivity index (χ4n) is 2.31. The Bertz CT molecular complexity index is 641. The molecule has 20 heavy (non-hydrogen) atoms. The molecule has 1 unspecified atom stereocenters. The second-order valence-corrected chi connectivity index (χ2v) is 5.18. The molecule has 0 aliphatic carbocycles. The molecular weight excluding hydrogens is 279 g/mol. The average Bonchev–Trinajstić information content (AvgIpc) is 2.40. The molecule has 0 amide bonds. The van der Waals surface area contributed by atoms with Crippen LogP contribution in [0.5, 0.6) is 5.75 Å². The summed E-state index contributed by atoms with van der Waals surface area (Å²) in [6.45, 7) is 3.84. The Morgan fingerprint density at radius 2 is 1.90 bits per heavy atom. The van der Waals surface area contributed by atoms with Crippen LogP contribution in [-0.4, -0.2) is 12.2 Å². The highest BCUT2D eigenvalue weighted by Gasteiger charge is 2.19. The van der Waals surface area contributed by atoms with E-state index < -0.39 is 11.9 Å². The van der Waals surface area contributed by atoms with Gasteiger partial charge in [0.1, 0.15) is 17.7 Å². The molecule has 1 atom stereocenters. The van der Waals surface area contributed by atoms with Crippen molar-refractivity contribution >= 4 is 11.6 Å². The molecular formula is C16H16ClFO2. The Morgan fingerprint density at radius 3 is 2.50 bits per heavy atom. The highest BCUT2D eigenvalue weighted by Crippen LogP contribution is 2.34. The number of ether oxygens (including phenoxy) is 1. The van der Waals surface area contributed by atoms with Crippen LogP contribution >= 0.6 is 11.6 Å². The number of rotatable bonds is 3. The number of aliphatic hydroxyl groups excluding tert-OH is 1. The standard InChI is InChI=1S/C16H16ClFO2/c1-9-6-10(2)15(14(7-9)20-3)16(19)11-4-5-12(17)13(18)8-11/h4-8,16,19H,1-3H3. The number of halogens is 2. The Balaban J connectivity index is 2.52. The molecule has 2 aromatic rings. The van der Waals surface area contributed by atoms with Crippen LogP contribution in [-0.2, 0) is 0 Å². The van der Waals surface area contributed by atoms with Crippen molar-refractivity contribution in [1.82, 2.24) is 0 Å². The summed E-state index contributed by atoms with van der Waals surface area (Å²) in [6.07, 6.45) is -0.961. The van der Waals surface area contributed by atoms with Crippen LogP contribution in [0.25, 0.3) is 0 Å². The normalized spacial score (nSPS) is 12.3. The van der Waals surface area contributed by atoms with Crippen molar-refractivity contribution in [3.05, 3.63) is 63.4 Å². The van der Waals surface area contributed by atoms with E-state index in [0.29, 0.717) is 16.9 Å². The first kappa shape index (κ1) is 14.8. The van der Waals surface area contributed by atoms with E-state index in [1.807, 2.05) is 26.0 Å². The maximum absolute atomic E-state index is 13.5. The predicted molar refractivity (Wildman–Crippen MR) is 77.9 cm³/mol. The van der Waals surface area contributed by atoms with Crippen molar-refractivity contribution in [2.45, 2.75) is 20.0 Å². The van der Waals surface area contributed by atoms with Gasteiger partial charge in [0.05, 0.1) is 12.1 Å². The van der Waals surface area contributed by atoms with Gasteiger partial charge in [-0.25, -0.2) is 4.39 Å². The maximum Gasteiger partial charge on any atom is 0.142 e. The van der Waals surface area contributed by atoms with Crippen LogP contribution in [0.2, 0.25) is 5.02 Å². The Morgan fingerprint density at radius 1 is 1.20 bits per heavy atom. The summed E-state index contributed by atoms with van der Waals surface area (Å²) in [5.74, 6) is 0.0392. The van der Waals surface area contributed by atoms with E-state index >= 15 is 0 Å². The minimum absolute atomic E-state index is 0.0357. The lowest BCUT2D eigenvalue weighted by Crippen LogP contribution is -2.06. The first-order valence-corrected chi connectivity index (χ1v) is 6.60. The first-order chi connectivity index (χ1) is 9.43. The second-order valence-electron chi connectivity index (χ2n) is 4.77. The first-order valence-electron chi connectivity index (χ1n) is 6.22. The van der Waals surface area contributed by atoms with Gasteiger partial charge in [-0.1, -0.05) is 23.7 Å². The summed E-state index contributed by atoms with van der Waals surface area (Å²) >= 11 is 5.66. The van der Waals surface area contributed by atoms with Gasteiger partial charge in [-0.15, -0.1) is 0 Å². The molecule has 2 aromatic carbocycles. The van der Waals surface area contributed by atoms with Gasteiger partial charge in [-0.3, -0.25) is 0 Å². The molecule has 2 nitrogen and oxygen atoms in total. The van der Waals surface area contributed by atoms with Crippen LogP contribution in [0.3, 0.4) is 0 Å². The third kappa shape index (κ3) is 2.79. The molecule has 0 fully saturated rings. The van der Waals surface area contributed by atoms with Gasteiger partial charge in [-0.05, 0) is 48.7 Å². The molecule has 0 aliphatic heterocycles. The summed E-state index contributed by atoms with van der Waals surface area (Å²) in [5, 5.41) is 10.5. The summed E-state index contributed by atoms with van der Waals surface area (Å²) in [6, 6.07) is 8.08. The van der Waals surface area contributed by atoms with Crippen LogP contribution in [0.15, 0.2) is 30.3 Å². The van der Waals surface area contributed by atoms with Gasteiger partial charge < -0.3 is 9.84 Å². The number of hydrogen-bond donors (Lipinski definition) is 1. The third-order valence-electron chi connectivity index (χ3n) is 3.25. The Kier molecular flexibility index (Phi) is 4.31. The van der Waals surface area contributed by atoms with Gasteiger partial charge in [0.2, 0.25) is 0 Å². The number of aliphatic hydroxyl groups is 1. The van der Waals surface area contributed by atoms with E-state index in [1.54, 1.807) is 13.2 Å². The lowest BCUT2D eigenvalue weighted by molar-refractivity contribution is 0.213. The zero-order chi connectivity index (χ0) is 14.9. The van der Waals surface area contributed by atoms with E-state index in [0.717, 1.165) is 11.1 Å². The molecule has 0 radical (unpaired) electrons. The number of benzene rings is 2. The summed E-state index contributed by atoms with van der Waals surface area (Å²) < 4.78 is 18.9. The second kappa shape index (κ2) is 5.81. The number of hydrogen-bond acceptors (Lipinski definition) is 2. The molecule has 2 rings (SSSR count). The van der Waals surface area contributed by atoms with Gasteiger partial charge in [0, 0.05) is 5.56 Å². The van der Waals surface area contributed by atoms with Crippen molar-refractivity contribution in [2.24, 2.45) is 0 Å². The lowest BCUT2D eigenvalue weighted by atomic mass is 9.95. The molecule has 1 N–H and O–H groups in total. The topological polar surface area (TPSA) is 29.5 Å². The zero-order valence-electron chi connectivity index (χ0n) is 11.6. The number of methoxy groups -OCH3 is 1. The van der Waals surface area contributed by atoms with Gasteiger partial charge >= 0.3 is 0 Å². The SMILES string of the molecule is COc1cc(C)cc(C)c1C(O)c1ccc(Cl)c(F)c1. The largest absolute Gasteiger partial charge is 0.496 e. The fourth-order valence-corrected chi connectivity index (χ4v) is 2.43. The van der Waals surface area contributed by atoms with E-state index in [4.69, 9.17) is 16.3 Å². The minimum Gasteiger partial charge on any atom is -0.496 e. The van der Waals surface area contributed by atoms with Crippen molar-refractivity contribution in [1.29, 1.82) is 0 Å². The van der Waals surface area contributed by atoms with Crippen LogP contribution in [0, 0.1) is 19.7 Å². The molecule has 0 heterocycles. The van der Waals surface area contributed by atoms with Crippen LogP contribution < -0.4 is 4.74 Å². The molecule has 0 saturated carbocycles. The fraction of sp³-hybridized carbons (Fsp3) is 0.250. The van der Waals surface area contributed by atoms with E-state index in [9.17, 15) is 9.50 Å². The highest BCUT2D eigenvalue weighted by molar-refractivity contribution is 6.30. The Labute approximate surface area is 122 Å². The Hall–Kier alpha value is -1.58. The van der Waals surface area contributed by atoms with Gasteiger partial charge in [0.15, 0.2) is 0 Å². The summed E-state index contributed by atoms with van der Waals surface area (Å²) in [5.41, 5.74) is 3.01. The molecule has 0 spiro atoms. The molecule has 106 valence electrons. The van der Waals surface area contributed by atoms with Crippen LogP contribution in [0.1, 0.15) is 28.4 Å². The van der Waals surface area contributed by atoms with E-state index in [2.05, 4.69) is 0 Å².